The summed E-state index contributed by atoms with van der Waals surface area (Å²) in [5, 5.41) is 0. The Balaban J connectivity index is 2.56. The second-order valence-corrected chi connectivity index (χ2v) is 5.43. The Morgan fingerprint density at radius 1 is 1.53 bits per heavy atom. The molecule has 0 aromatic carbocycles. The molecule has 1 amide bonds. The zero-order valence-electron chi connectivity index (χ0n) is 8.42. The molecule has 3 nitrogen and oxygen atoms in total. The highest BCUT2D eigenvalue weighted by atomic mass is 79.9. The molecule has 94 valence electrons. The SMILES string of the molecule is C=S(Cc1ccc(Br)cn1)NC(=O)C(F)(F)F. The maximum Gasteiger partial charge on any atom is 0.472 e. The molecule has 1 heterocycles. The maximum atomic E-state index is 11.9. The van der Waals surface area contributed by atoms with Crippen LogP contribution in [0, 0.1) is 0 Å². The standard InChI is InChI=1S/C9H8BrF3N2OS/c1-17(15-8(16)9(11,12)13)5-7-3-2-6(10)4-14-7/h2-4H,1,5H2,(H,15,16). The van der Waals surface area contributed by atoms with Crippen molar-refractivity contribution in [3.8, 4) is 0 Å². The Kier molecular flexibility index (Phi) is 4.70. The van der Waals surface area contributed by atoms with Crippen LogP contribution in [0.1, 0.15) is 5.69 Å². The van der Waals surface area contributed by atoms with E-state index in [2.05, 4.69) is 26.8 Å². The molecular weight excluding hydrogens is 321 g/mol. The Labute approximate surface area is 107 Å². The lowest BCUT2D eigenvalue weighted by Gasteiger charge is -2.11. The molecule has 1 unspecified atom stereocenters. The first-order valence-corrected chi connectivity index (χ1v) is 6.63. The molecule has 1 N–H and O–H groups in total. The fraction of sp³-hybridized carbons (Fsp3) is 0.222. The van der Waals surface area contributed by atoms with Crippen LogP contribution in [0.25, 0.3) is 0 Å². The number of halogens is 4. The van der Waals surface area contributed by atoms with Crippen LogP contribution < -0.4 is 4.72 Å². The molecule has 1 aromatic rings. The number of carbonyl (C=O) groups excluding carboxylic acids is 1. The molecule has 0 saturated carbocycles. The summed E-state index contributed by atoms with van der Waals surface area (Å²) in [5.74, 6) is 1.64. The van der Waals surface area contributed by atoms with Gasteiger partial charge in [-0.15, -0.1) is 0 Å². The van der Waals surface area contributed by atoms with Gasteiger partial charge in [0.2, 0.25) is 0 Å². The highest BCUT2D eigenvalue weighted by Gasteiger charge is 2.38. The van der Waals surface area contributed by atoms with E-state index in [9.17, 15) is 18.0 Å². The first kappa shape index (κ1) is 14.2. The van der Waals surface area contributed by atoms with E-state index in [-0.39, 0.29) is 5.75 Å². The third kappa shape index (κ3) is 4.86. The number of alkyl halides is 3. The summed E-state index contributed by atoms with van der Waals surface area (Å²) in [4.78, 5) is 14.6. The fourth-order valence-corrected chi connectivity index (χ4v) is 2.11. The summed E-state index contributed by atoms with van der Waals surface area (Å²) in [6, 6.07) is 3.36. The van der Waals surface area contributed by atoms with Crippen LogP contribution in [-0.2, 0) is 10.5 Å². The molecule has 0 aliphatic rings. The predicted molar refractivity (Wildman–Crippen MR) is 64.6 cm³/mol. The molecular formula is C9H8BrF3N2OS. The van der Waals surface area contributed by atoms with Crippen LogP contribution in [0.4, 0.5) is 13.2 Å². The van der Waals surface area contributed by atoms with Crippen LogP contribution in [0.5, 0.6) is 0 Å². The van der Waals surface area contributed by atoms with Crippen molar-refractivity contribution in [2.45, 2.75) is 11.9 Å². The van der Waals surface area contributed by atoms with Gasteiger partial charge >= 0.3 is 12.1 Å². The average molecular weight is 329 g/mol. The van der Waals surface area contributed by atoms with Gasteiger partial charge in [-0.3, -0.25) is 14.5 Å². The van der Waals surface area contributed by atoms with Crippen LogP contribution in [0.15, 0.2) is 22.8 Å². The number of nitrogens with one attached hydrogen (secondary N) is 1. The Bertz CT molecular complexity index is 433. The predicted octanol–water partition coefficient (Wildman–Crippen LogP) is 2.64. The van der Waals surface area contributed by atoms with E-state index in [1.54, 1.807) is 16.9 Å². The van der Waals surface area contributed by atoms with Gasteiger partial charge in [0.05, 0.1) is 5.69 Å². The molecule has 8 heteroatoms. The van der Waals surface area contributed by atoms with Gasteiger partial charge in [0, 0.05) is 16.4 Å². The van der Waals surface area contributed by atoms with Gasteiger partial charge in [-0.2, -0.15) is 13.2 Å². The van der Waals surface area contributed by atoms with Crippen LogP contribution >= 0.6 is 26.6 Å². The number of hydrogen-bond donors (Lipinski definition) is 1. The molecule has 0 saturated heterocycles. The second-order valence-electron chi connectivity index (χ2n) is 3.03. The number of rotatable bonds is 3. The van der Waals surface area contributed by atoms with E-state index in [1.165, 1.54) is 6.20 Å². The van der Waals surface area contributed by atoms with E-state index < -0.39 is 22.8 Å². The van der Waals surface area contributed by atoms with Gasteiger partial charge in [0.15, 0.2) is 0 Å². The molecule has 1 rings (SSSR count). The van der Waals surface area contributed by atoms with Crippen molar-refractivity contribution >= 4 is 38.4 Å². The molecule has 0 bridgehead atoms. The minimum Gasteiger partial charge on any atom is -0.298 e. The van der Waals surface area contributed by atoms with Crippen molar-refractivity contribution in [2.75, 3.05) is 0 Å². The zero-order valence-corrected chi connectivity index (χ0v) is 10.8. The van der Waals surface area contributed by atoms with Crippen molar-refractivity contribution in [2.24, 2.45) is 0 Å². The van der Waals surface area contributed by atoms with Crippen LogP contribution in [0.2, 0.25) is 0 Å². The van der Waals surface area contributed by atoms with Crippen molar-refractivity contribution in [3.05, 3.63) is 28.5 Å². The second kappa shape index (κ2) is 5.63. The smallest absolute Gasteiger partial charge is 0.298 e. The number of aromatic nitrogens is 1. The van der Waals surface area contributed by atoms with Crippen molar-refractivity contribution in [1.82, 2.24) is 9.71 Å². The highest BCUT2D eigenvalue weighted by molar-refractivity contribution is 9.10. The Morgan fingerprint density at radius 2 is 2.18 bits per heavy atom. The molecule has 17 heavy (non-hydrogen) atoms. The van der Waals surface area contributed by atoms with Crippen LogP contribution in [0.3, 0.4) is 0 Å². The van der Waals surface area contributed by atoms with Gasteiger partial charge in [-0.05, 0) is 28.1 Å². The van der Waals surface area contributed by atoms with E-state index in [0.29, 0.717) is 5.69 Å². The number of nitrogens with zero attached hydrogens (tertiary/aromatic N) is 1. The molecule has 0 aliphatic carbocycles. The Morgan fingerprint density at radius 3 is 2.65 bits per heavy atom. The van der Waals surface area contributed by atoms with E-state index in [1.807, 2.05) is 0 Å². The number of amides is 1. The van der Waals surface area contributed by atoms with E-state index in [4.69, 9.17) is 0 Å². The summed E-state index contributed by atoms with van der Waals surface area (Å²) < 4.78 is 38.4. The van der Waals surface area contributed by atoms with E-state index >= 15 is 0 Å². The minimum absolute atomic E-state index is 0.162. The van der Waals surface area contributed by atoms with Gasteiger partial charge in [0.1, 0.15) is 0 Å². The third-order valence-electron chi connectivity index (χ3n) is 1.61. The van der Waals surface area contributed by atoms with Crippen molar-refractivity contribution < 1.29 is 18.0 Å². The first-order valence-electron chi connectivity index (χ1n) is 4.28. The topological polar surface area (TPSA) is 42.0 Å². The van der Waals surface area contributed by atoms with E-state index in [0.717, 1.165) is 4.47 Å². The summed E-state index contributed by atoms with van der Waals surface area (Å²) >= 11 is 3.18. The highest BCUT2D eigenvalue weighted by Crippen LogP contribution is 2.19. The summed E-state index contributed by atoms with van der Waals surface area (Å²) in [5.41, 5.74) is 0.564. The molecule has 1 atom stereocenters. The summed E-state index contributed by atoms with van der Waals surface area (Å²) in [6.45, 7) is 0. The fourth-order valence-electron chi connectivity index (χ4n) is 0.895. The maximum absolute atomic E-state index is 11.9. The zero-order chi connectivity index (χ0) is 13.1. The first-order chi connectivity index (χ1) is 7.79. The molecule has 0 radical (unpaired) electrons. The lowest BCUT2D eigenvalue weighted by Crippen LogP contribution is -2.33. The lowest BCUT2D eigenvalue weighted by atomic mass is 10.4. The summed E-state index contributed by atoms with van der Waals surface area (Å²) in [7, 11) is -1.15. The van der Waals surface area contributed by atoms with Gasteiger partial charge in [-0.25, -0.2) is 0 Å². The normalized spacial score (nSPS) is 13.2. The molecule has 0 aliphatic heterocycles. The number of hydrogen-bond acceptors (Lipinski definition) is 2. The average Bonchev–Trinajstić information content (AvgIpc) is 2.20. The van der Waals surface area contributed by atoms with Gasteiger partial charge in [-0.1, -0.05) is 16.5 Å². The van der Waals surface area contributed by atoms with Crippen molar-refractivity contribution in [3.63, 3.8) is 0 Å². The van der Waals surface area contributed by atoms with Crippen LogP contribution in [-0.4, -0.2) is 22.9 Å². The largest absolute Gasteiger partial charge is 0.472 e. The Hall–Kier alpha value is -0.890. The number of carbonyl (C=O) groups is 1. The van der Waals surface area contributed by atoms with Crippen molar-refractivity contribution in [1.29, 1.82) is 0 Å². The van der Waals surface area contributed by atoms with Gasteiger partial charge in [0.25, 0.3) is 0 Å². The lowest BCUT2D eigenvalue weighted by molar-refractivity contribution is -0.171. The monoisotopic (exact) mass is 328 g/mol. The minimum atomic E-state index is -4.88. The third-order valence-corrected chi connectivity index (χ3v) is 3.19. The number of pyridine rings is 1. The molecule has 1 aromatic heterocycles. The quantitative estimate of drug-likeness (QED) is 0.867. The molecule has 0 fully saturated rings. The summed E-state index contributed by atoms with van der Waals surface area (Å²) in [6.07, 6.45) is -3.35. The van der Waals surface area contributed by atoms with Gasteiger partial charge < -0.3 is 0 Å². The molecule has 0 spiro atoms.